The molecule has 2 aromatic heterocycles. The fourth-order valence-electron chi connectivity index (χ4n) is 5.00. The summed E-state index contributed by atoms with van der Waals surface area (Å²) in [4.78, 5) is 51.9. The highest BCUT2D eigenvalue weighted by atomic mass is 32.3. The number of pyridine rings is 1. The van der Waals surface area contributed by atoms with Crippen LogP contribution in [0.1, 0.15) is 38.1 Å². The van der Waals surface area contributed by atoms with Crippen LogP contribution in [-0.2, 0) is 40.3 Å². The quantitative estimate of drug-likeness (QED) is 0.0775. The number of β-lactam (4-membered cyclic amide) rings is 1. The number of hydroxylamine groups is 2. The lowest BCUT2D eigenvalue weighted by atomic mass is 9.74. The summed E-state index contributed by atoms with van der Waals surface area (Å²) in [5, 5.41) is 19.6. The third-order valence-corrected chi connectivity index (χ3v) is 8.81. The van der Waals surface area contributed by atoms with Gasteiger partial charge in [-0.15, -0.1) is 15.6 Å². The zero-order valence-corrected chi connectivity index (χ0v) is 26.4. The Morgan fingerprint density at radius 2 is 2.00 bits per heavy atom. The first-order valence-corrected chi connectivity index (χ1v) is 16.4. The Bertz CT molecular complexity index is 1790. The SMILES string of the molecule is CC1(C)C(CC(=O)/C(=N\O[C@@H](COc2ccc3nc(CCC4CNC4)ccc3c2)C(=O)O)c2csc(N)n2)C(=O)N1OS(=O)(=O)O. The van der Waals surface area contributed by atoms with Gasteiger partial charge >= 0.3 is 16.4 Å². The van der Waals surface area contributed by atoms with Crippen molar-refractivity contribution in [3.8, 4) is 5.75 Å². The van der Waals surface area contributed by atoms with Gasteiger partial charge in [-0.25, -0.2) is 9.78 Å². The van der Waals surface area contributed by atoms with E-state index in [2.05, 4.69) is 19.7 Å². The molecule has 4 heterocycles. The summed E-state index contributed by atoms with van der Waals surface area (Å²) in [6.45, 7) is 4.46. The Kier molecular flexibility index (Phi) is 9.54. The van der Waals surface area contributed by atoms with Gasteiger partial charge in [0.2, 0.25) is 0 Å². The van der Waals surface area contributed by atoms with Crippen LogP contribution in [0.5, 0.6) is 5.75 Å². The molecule has 0 radical (unpaired) electrons. The van der Waals surface area contributed by atoms with Gasteiger partial charge in [-0.2, -0.15) is 13.5 Å². The number of carbonyl (C=O) groups is 3. The summed E-state index contributed by atoms with van der Waals surface area (Å²) in [5.74, 6) is -3.09. The molecule has 2 aliphatic rings. The molecular weight excluding hydrogens is 644 g/mol. The van der Waals surface area contributed by atoms with Crippen LogP contribution in [0.3, 0.4) is 0 Å². The van der Waals surface area contributed by atoms with Crippen LogP contribution in [0.25, 0.3) is 10.9 Å². The number of carbonyl (C=O) groups excluding carboxylic acids is 2. The average Bonchev–Trinajstić information content (AvgIpc) is 3.40. The van der Waals surface area contributed by atoms with Crippen LogP contribution in [0.2, 0.25) is 0 Å². The number of carboxylic acids is 1. The minimum absolute atomic E-state index is 0.0149. The molecule has 5 N–H and O–H groups in total. The van der Waals surface area contributed by atoms with Crippen LogP contribution < -0.4 is 15.8 Å². The van der Waals surface area contributed by atoms with Crippen molar-refractivity contribution in [3.63, 3.8) is 0 Å². The van der Waals surface area contributed by atoms with E-state index in [9.17, 15) is 27.9 Å². The number of rotatable bonds is 15. The molecule has 246 valence electrons. The molecular formula is C28H32N6O10S2. The number of nitrogens with two attached hydrogens (primary N) is 1. The molecule has 1 unspecified atom stereocenters. The second-order valence-electron chi connectivity index (χ2n) is 11.4. The maximum atomic E-state index is 13.3. The first-order valence-electron chi connectivity index (χ1n) is 14.2. The molecule has 3 aromatic rings. The first-order chi connectivity index (χ1) is 21.7. The minimum Gasteiger partial charge on any atom is -0.489 e. The molecule has 0 bridgehead atoms. The summed E-state index contributed by atoms with van der Waals surface area (Å²) >= 11 is 0.993. The van der Waals surface area contributed by atoms with E-state index in [4.69, 9.17) is 24.8 Å². The highest BCUT2D eigenvalue weighted by Crippen LogP contribution is 2.40. The van der Waals surface area contributed by atoms with Gasteiger partial charge in [0.1, 0.15) is 18.1 Å². The largest absolute Gasteiger partial charge is 0.489 e. The summed E-state index contributed by atoms with van der Waals surface area (Å²) in [7, 11) is -4.98. The highest BCUT2D eigenvalue weighted by molar-refractivity contribution is 7.80. The molecule has 0 aliphatic carbocycles. The zero-order valence-electron chi connectivity index (χ0n) is 24.8. The predicted molar refractivity (Wildman–Crippen MR) is 164 cm³/mol. The number of aryl methyl sites for hydroxylation is 1. The number of aliphatic carboxylic acids is 1. The van der Waals surface area contributed by atoms with Gasteiger partial charge in [0.05, 0.1) is 17.0 Å². The third kappa shape index (κ3) is 7.59. The molecule has 0 spiro atoms. The lowest BCUT2D eigenvalue weighted by Gasteiger charge is -2.50. The fraction of sp³-hybridized carbons (Fsp3) is 0.429. The van der Waals surface area contributed by atoms with Crippen molar-refractivity contribution >= 4 is 61.1 Å². The molecule has 2 atom stereocenters. The second-order valence-corrected chi connectivity index (χ2v) is 13.3. The first kappa shape index (κ1) is 33.1. The Balaban J connectivity index is 1.26. The maximum absolute atomic E-state index is 13.3. The van der Waals surface area contributed by atoms with E-state index in [1.54, 1.807) is 18.2 Å². The average molecular weight is 677 g/mol. The Morgan fingerprint density at radius 3 is 2.61 bits per heavy atom. The molecule has 1 amide bonds. The topological polar surface area (TPSA) is 233 Å². The number of nitrogens with one attached hydrogen (secondary N) is 1. The summed E-state index contributed by atoms with van der Waals surface area (Å²) in [5.41, 5.74) is 5.76. The number of oxime groups is 1. The number of nitrogen functional groups attached to an aromatic ring is 1. The van der Waals surface area contributed by atoms with Crippen molar-refractivity contribution < 1.29 is 46.3 Å². The van der Waals surface area contributed by atoms with Gasteiger partial charge in [-0.05, 0) is 70.0 Å². The van der Waals surface area contributed by atoms with Crippen LogP contribution in [0.15, 0.2) is 40.9 Å². The molecule has 16 nitrogen and oxygen atoms in total. The van der Waals surface area contributed by atoms with Crippen molar-refractivity contribution in [2.45, 2.75) is 44.8 Å². The Hall–Kier alpha value is -4.23. The number of fused-ring (bicyclic) bond motifs is 1. The van der Waals surface area contributed by atoms with Crippen LogP contribution in [0.4, 0.5) is 5.13 Å². The van der Waals surface area contributed by atoms with E-state index < -0.39 is 64.4 Å². The number of thiazole rings is 1. The number of Topliss-reactive ketones (excluding diaryl/α,β-unsaturated/α-hetero) is 1. The molecule has 5 rings (SSSR count). The number of anilines is 1. The zero-order chi connectivity index (χ0) is 33.2. The predicted octanol–water partition coefficient (Wildman–Crippen LogP) is 1.61. The standard InChI is InChI=1S/C28H32N6O10S2/c1-28(2)19(25(36)34(28)44-46(39,40)41)10-22(35)24(21-14-45-27(29)32-21)33-43-23(26(37)38)13-42-18-7-8-20-16(9-18)4-6-17(31-20)5-3-15-11-30-12-15/h4,6-9,14-15,19,23,30H,3,5,10-13H2,1-2H3,(H2,29,32)(H,37,38)(H,39,40,41)/b33-24-/t19?,23-/m0/s1. The van der Waals surface area contributed by atoms with Gasteiger partial charge in [-0.1, -0.05) is 11.2 Å². The number of carboxylic acid groups (broad SMARTS) is 1. The monoisotopic (exact) mass is 676 g/mol. The smallest absolute Gasteiger partial charge is 0.418 e. The van der Waals surface area contributed by atoms with E-state index >= 15 is 0 Å². The summed E-state index contributed by atoms with van der Waals surface area (Å²) in [6, 6.07) is 9.05. The number of hydrogen-bond acceptors (Lipinski definition) is 14. The highest BCUT2D eigenvalue weighted by Gasteiger charge is 2.57. The van der Waals surface area contributed by atoms with Crippen molar-refractivity contribution in [2.24, 2.45) is 17.0 Å². The Morgan fingerprint density at radius 1 is 1.24 bits per heavy atom. The molecule has 18 heteroatoms. The van der Waals surface area contributed by atoms with E-state index in [1.807, 2.05) is 12.1 Å². The number of benzene rings is 1. The van der Waals surface area contributed by atoms with Gasteiger partial charge in [0, 0.05) is 22.9 Å². The summed E-state index contributed by atoms with van der Waals surface area (Å²) in [6.07, 6.45) is -0.186. The molecule has 1 aromatic carbocycles. The van der Waals surface area contributed by atoms with Crippen LogP contribution in [0, 0.1) is 11.8 Å². The lowest BCUT2D eigenvalue weighted by molar-refractivity contribution is -0.228. The van der Waals surface area contributed by atoms with Gasteiger partial charge < -0.3 is 25.7 Å². The van der Waals surface area contributed by atoms with Crippen LogP contribution in [-0.4, -0.2) is 87.8 Å². The van der Waals surface area contributed by atoms with Crippen LogP contribution >= 0.6 is 11.3 Å². The number of ether oxygens (including phenoxy) is 1. The number of hydrogen-bond donors (Lipinski definition) is 4. The van der Waals surface area contributed by atoms with E-state index in [-0.39, 0.29) is 10.8 Å². The van der Waals surface area contributed by atoms with Gasteiger partial charge in [0.15, 0.2) is 16.6 Å². The Labute approximate surface area is 267 Å². The number of aromatic nitrogens is 2. The maximum Gasteiger partial charge on any atom is 0.418 e. The number of amides is 1. The van der Waals surface area contributed by atoms with Gasteiger partial charge in [0.25, 0.3) is 12.0 Å². The normalized spacial score (nSPS) is 18.9. The third-order valence-electron chi connectivity index (χ3n) is 7.80. The molecule has 2 fully saturated rings. The van der Waals surface area contributed by atoms with Crippen molar-refractivity contribution in [2.75, 3.05) is 25.4 Å². The van der Waals surface area contributed by atoms with E-state index in [0.717, 1.165) is 53.9 Å². The number of ketones is 1. The lowest BCUT2D eigenvalue weighted by Crippen LogP contribution is -2.68. The summed E-state index contributed by atoms with van der Waals surface area (Å²) < 4.78 is 41.2. The van der Waals surface area contributed by atoms with E-state index in [1.165, 1.54) is 19.2 Å². The molecule has 0 saturated carbocycles. The van der Waals surface area contributed by atoms with Crippen molar-refractivity contribution in [1.29, 1.82) is 0 Å². The van der Waals surface area contributed by atoms with Crippen molar-refractivity contribution in [1.82, 2.24) is 20.3 Å². The number of nitrogens with zero attached hydrogens (tertiary/aromatic N) is 4. The molecule has 2 aliphatic heterocycles. The minimum atomic E-state index is -4.98. The van der Waals surface area contributed by atoms with E-state index in [0.29, 0.717) is 16.7 Å². The molecule has 46 heavy (non-hydrogen) atoms. The second kappa shape index (κ2) is 13.2. The van der Waals surface area contributed by atoms with Crippen molar-refractivity contribution in [3.05, 3.63) is 47.1 Å². The fourth-order valence-corrected chi connectivity index (χ4v) is 6.00. The molecule has 2 saturated heterocycles. The van der Waals surface area contributed by atoms with Gasteiger partial charge in [-0.3, -0.25) is 19.1 Å².